The van der Waals surface area contributed by atoms with E-state index in [0.29, 0.717) is 29.5 Å². The van der Waals surface area contributed by atoms with E-state index >= 15 is 0 Å². The summed E-state index contributed by atoms with van der Waals surface area (Å²) in [6, 6.07) is 0. The topological polar surface area (TPSA) is 37.3 Å². The molecule has 0 unspecified atom stereocenters. The molecule has 9 atom stereocenters. The van der Waals surface area contributed by atoms with Gasteiger partial charge in [-0.05, 0) is 74.0 Å². The predicted octanol–water partition coefficient (Wildman–Crippen LogP) is 3.04. The number of hydrogen-bond acceptors (Lipinski definition) is 2. The van der Waals surface area contributed by atoms with Crippen molar-refractivity contribution in [2.24, 2.45) is 46.8 Å². The molecule has 0 radical (unpaired) electrons. The van der Waals surface area contributed by atoms with Crippen molar-refractivity contribution in [2.45, 2.75) is 57.5 Å². The Morgan fingerprint density at radius 1 is 1.14 bits per heavy atom. The molecule has 1 N–H and O–H groups in total. The lowest BCUT2D eigenvalue weighted by Gasteiger charge is -2.53. The molecule has 0 aromatic rings. The van der Waals surface area contributed by atoms with Gasteiger partial charge in [0.2, 0.25) is 0 Å². The Morgan fingerprint density at radius 3 is 2.73 bits per heavy atom. The fourth-order valence-corrected chi connectivity index (χ4v) is 7.66. The van der Waals surface area contributed by atoms with Crippen LogP contribution in [0.3, 0.4) is 0 Å². The third kappa shape index (κ3) is 1.37. The zero-order valence-electron chi connectivity index (χ0n) is 13.4. The molecule has 5 aliphatic carbocycles. The summed E-state index contributed by atoms with van der Waals surface area (Å²) in [5.41, 5.74) is -0.989. The number of carbonyl (C=O) groups excluding carboxylic acids is 1. The normalized spacial score (nSPS) is 61.7. The van der Waals surface area contributed by atoms with Gasteiger partial charge in [-0.15, -0.1) is 6.42 Å². The standard InChI is InChI=1S/C20H26O2/c1-3-20(22)9-7-15-13-10-14-17-12(4-5-16(21)18(14)17)11(13)6-8-19(15,20)2/h1,11-15,17-18,22H,4-10H2,2H3/t11-,12-,13-,14+,15+,17-,18-,19+,20-/m1/s1. The van der Waals surface area contributed by atoms with Gasteiger partial charge in [0.15, 0.2) is 0 Å². The second-order valence-corrected chi connectivity index (χ2v) is 9.11. The van der Waals surface area contributed by atoms with Crippen molar-refractivity contribution in [3.8, 4) is 12.3 Å². The van der Waals surface area contributed by atoms with E-state index in [2.05, 4.69) is 12.8 Å². The minimum atomic E-state index is -0.895. The van der Waals surface area contributed by atoms with Crippen molar-refractivity contribution in [3.63, 3.8) is 0 Å². The molecule has 0 bridgehead atoms. The molecule has 0 aromatic heterocycles. The van der Waals surface area contributed by atoms with Crippen LogP contribution in [0.15, 0.2) is 0 Å². The lowest BCUT2D eigenvalue weighted by atomic mass is 9.52. The second-order valence-electron chi connectivity index (χ2n) is 9.11. The average molecular weight is 298 g/mol. The SMILES string of the molecule is C#C[C@@]1(O)CC[C@H]2[C@@H]3C[C@@H]4[C@@H]5C(=O)CC[C@H]([C@H]3CC[C@@]21C)[C@H]45. The Labute approximate surface area is 133 Å². The van der Waals surface area contributed by atoms with E-state index in [1.165, 1.54) is 12.8 Å². The summed E-state index contributed by atoms with van der Waals surface area (Å²) in [7, 11) is 0. The zero-order valence-corrected chi connectivity index (χ0v) is 13.4. The fraction of sp³-hybridized carbons (Fsp3) is 0.850. The van der Waals surface area contributed by atoms with Crippen molar-refractivity contribution in [2.75, 3.05) is 0 Å². The van der Waals surface area contributed by atoms with Crippen molar-refractivity contribution >= 4 is 5.78 Å². The first-order valence-corrected chi connectivity index (χ1v) is 9.23. The number of terminal acetylenes is 1. The van der Waals surface area contributed by atoms with Gasteiger partial charge < -0.3 is 5.11 Å². The van der Waals surface area contributed by atoms with Gasteiger partial charge in [-0.3, -0.25) is 4.79 Å². The summed E-state index contributed by atoms with van der Waals surface area (Å²) in [6.07, 6.45) is 13.1. The monoisotopic (exact) mass is 298 g/mol. The van der Waals surface area contributed by atoms with E-state index < -0.39 is 5.60 Å². The Balaban J connectivity index is 1.50. The molecule has 5 fully saturated rings. The molecule has 0 amide bonds. The number of hydrogen-bond donors (Lipinski definition) is 1. The van der Waals surface area contributed by atoms with Gasteiger partial charge in [0.05, 0.1) is 0 Å². The van der Waals surface area contributed by atoms with E-state index in [-0.39, 0.29) is 5.41 Å². The molecule has 0 aliphatic heterocycles. The van der Waals surface area contributed by atoms with E-state index in [1.807, 2.05) is 0 Å². The largest absolute Gasteiger partial charge is 0.377 e. The number of Topliss-reactive ketones (excluding diaryl/α,β-unsaturated/α-hetero) is 1. The highest BCUT2D eigenvalue weighted by Gasteiger charge is 2.69. The molecule has 5 aliphatic rings. The van der Waals surface area contributed by atoms with E-state index in [0.717, 1.165) is 49.9 Å². The minimum Gasteiger partial charge on any atom is -0.377 e. The molecule has 0 spiro atoms. The van der Waals surface area contributed by atoms with Crippen LogP contribution in [0.25, 0.3) is 0 Å². The van der Waals surface area contributed by atoms with Gasteiger partial charge in [0.1, 0.15) is 11.4 Å². The number of ketones is 1. The van der Waals surface area contributed by atoms with Crippen LogP contribution in [-0.2, 0) is 4.79 Å². The van der Waals surface area contributed by atoms with Crippen molar-refractivity contribution < 1.29 is 9.90 Å². The number of fused-ring (bicyclic) bond motifs is 5. The highest BCUT2D eigenvalue weighted by Crippen LogP contribution is 2.72. The summed E-state index contributed by atoms with van der Waals surface area (Å²) >= 11 is 0. The molecule has 2 heteroatoms. The molecule has 5 rings (SSSR count). The van der Waals surface area contributed by atoms with Crippen LogP contribution in [0.2, 0.25) is 0 Å². The summed E-state index contributed by atoms with van der Waals surface area (Å²) in [6.45, 7) is 2.25. The maximum absolute atomic E-state index is 12.2. The number of aliphatic hydroxyl groups is 1. The van der Waals surface area contributed by atoms with Crippen LogP contribution in [0.5, 0.6) is 0 Å². The smallest absolute Gasteiger partial charge is 0.136 e. The molecule has 22 heavy (non-hydrogen) atoms. The number of rotatable bonds is 0. The first-order valence-electron chi connectivity index (χ1n) is 9.23. The Morgan fingerprint density at radius 2 is 1.95 bits per heavy atom. The molecular weight excluding hydrogens is 272 g/mol. The van der Waals surface area contributed by atoms with Crippen molar-refractivity contribution in [3.05, 3.63) is 0 Å². The molecule has 0 heterocycles. The first kappa shape index (κ1) is 13.6. The summed E-state index contributed by atoms with van der Waals surface area (Å²) in [4.78, 5) is 12.2. The van der Waals surface area contributed by atoms with Crippen LogP contribution in [0.4, 0.5) is 0 Å². The second kappa shape index (κ2) is 3.99. The minimum absolute atomic E-state index is 0.0945. The van der Waals surface area contributed by atoms with Crippen LogP contribution in [-0.4, -0.2) is 16.5 Å². The van der Waals surface area contributed by atoms with E-state index in [1.54, 1.807) is 0 Å². The quantitative estimate of drug-likeness (QED) is 0.698. The molecule has 0 saturated heterocycles. The van der Waals surface area contributed by atoms with Crippen LogP contribution in [0.1, 0.15) is 51.9 Å². The maximum Gasteiger partial charge on any atom is 0.136 e. The van der Waals surface area contributed by atoms with E-state index in [4.69, 9.17) is 6.42 Å². The summed E-state index contributed by atoms with van der Waals surface area (Å²) in [5, 5.41) is 11.0. The third-order valence-electron chi connectivity index (χ3n) is 8.80. The van der Waals surface area contributed by atoms with E-state index in [9.17, 15) is 9.90 Å². The van der Waals surface area contributed by atoms with Crippen molar-refractivity contribution in [1.29, 1.82) is 0 Å². The van der Waals surface area contributed by atoms with Gasteiger partial charge in [0, 0.05) is 17.8 Å². The Bertz CT molecular complexity index is 589. The molecule has 118 valence electrons. The summed E-state index contributed by atoms with van der Waals surface area (Å²) in [5.74, 6) is 8.04. The fourth-order valence-electron chi connectivity index (χ4n) is 7.66. The van der Waals surface area contributed by atoms with Gasteiger partial charge >= 0.3 is 0 Å². The van der Waals surface area contributed by atoms with Gasteiger partial charge in [-0.25, -0.2) is 0 Å². The highest BCUT2D eigenvalue weighted by atomic mass is 16.3. The van der Waals surface area contributed by atoms with Crippen LogP contribution < -0.4 is 0 Å². The molecule has 0 aromatic carbocycles. The van der Waals surface area contributed by atoms with Crippen LogP contribution >= 0.6 is 0 Å². The Kier molecular flexibility index (Phi) is 2.47. The molecule has 2 nitrogen and oxygen atoms in total. The van der Waals surface area contributed by atoms with Gasteiger partial charge in [-0.2, -0.15) is 0 Å². The molecular formula is C20H26O2. The first-order chi connectivity index (χ1) is 10.5. The molecule has 5 saturated carbocycles. The zero-order chi connectivity index (χ0) is 15.3. The summed E-state index contributed by atoms with van der Waals surface area (Å²) < 4.78 is 0. The maximum atomic E-state index is 12.2. The Hall–Kier alpha value is -0.810. The highest BCUT2D eigenvalue weighted by molar-refractivity contribution is 5.85. The van der Waals surface area contributed by atoms with Crippen molar-refractivity contribution in [1.82, 2.24) is 0 Å². The van der Waals surface area contributed by atoms with Gasteiger partial charge in [-0.1, -0.05) is 12.8 Å². The number of carbonyl (C=O) groups is 1. The van der Waals surface area contributed by atoms with Crippen LogP contribution in [0, 0.1) is 59.2 Å². The lowest BCUT2D eigenvalue weighted by Crippen LogP contribution is -2.52. The third-order valence-corrected chi connectivity index (χ3v) is 8.80. The average Bonchev–Trinajstić information content (AvgIpc) is 3.17. The lowest BCUT2D eigenvalue weighted by molar-refractivity contribution is -0.123. The predicted molar refractivity (Wildman–Crippen MR) is 83.6 cm³/mol. The van der Waals surface area contributed by atoms with Gasteiger partial charge in [0.25, 0.3) is 0 Å².